The zero-order chi connectivity index (χ0) is 14.0. The van der Waals surface area contributed by atoms with Gasteiger partial charge in [-0.3, -0.25) is 11.3 Å². The second-order valence-corrected chi connectivity index (χ2v) is 5.60. The molecule has 0 aliphatic carbocycles. The number of hydrogen-bond donors (Lipinski definition) is 2. The third-order valence-electron chi connectivity index (χ3n) is 3.01. The van der Waals surface area contributed by atoms with Gasteiger partial charge in [0.1, 0.15) is 0 Å². The molecule has 1 unspecified atom stereocenters. The van der Waals surface area contributed by atoms with Gasteiger partial charge in [-0.25, -0.2) is 13.8 Å². The number of aryl methyl sites for hydroxylation is 2. The molecule has 19 heavy (non-hydrogen) atoms. The lowest BCUT2D eigenvalue weighted by Gasteiger charge is -2.15. The number of rotatable bonds is 4. The van der Waals surface area contributed by atoms with Crippen LogP contribution in [0.3, 0.4) is 0 Å². The molecule has 1 heterocycles. The Morgan fingerprint density at radius 2 is 2.11 bits per heavy atom. The maximum Gasteiger partial charge on any atom is 0.163 e. The Hall–Kier alpha value is -1.37. The van der Waals surface area contributed by atoms with Crippen molar-refractivity contribution in [3.05, 3.63) is 51.0 Å². The van der Waals surface area contributed by atoms with Crippen LogP contribution < -0.4 is 11.3 Å². The summed E-state index contributed by atoms with van der Waals surface area (Å²) in [6.07, 6.45) is 0.427. The quantitative estimate of drug-likeness (QED) is 0.670. The van der Waals surface area contributed by atoms with Gasteiger partial charge in [0.2, 0.25) is 0 Å². The third kappa shape index (κ3) is 2.97. The SMILES string of the molecule is Cc1nc(CC(NN)c2cccc(F)c2F)sc1C. The molecule has 2 aromatic rings. The van der Waals surface area contributed by atoms with E-state index in [4.69, 9.17) is 5.84 Å². The highest BCUT2D eigenvalue weighted by atomic mass is 32.1. The van der Waals surface area contributed by atoms with Gasteiger partial charge in [0.15, 0.2) is 11.6 Å². The first-order chi connectivity index (χ1) is 9.02. The summed E-state index contributed by atoms with van der Waals surface area (Å²) in [6, 6.07) is 3.58. The number of halogens is 2. The van der Waals surface area contributed by atoms with Crippen LogP contribution in [-0.2, 0) is 6.42 Å². The van der Waals surface area contributed by atoms with E-state index in [-0.39, 0.29) is 5.56 Å². The molecule has 0 fully saturated rings. The normalized spacial score (nSPS) is 12.7. The summed E-state index contributed by atoms with van der Waals surface area (Å²) in [7, 11) is 0. The number of benzene rings is 1. The second kappa shape index (κ2) is 5.73. The van der Waals surface area contributed by atoms with E-state index in [0.29, 0.717) is 6.42 Å². The fraction of sp³-hybridized carbons (Fsp3) is 0.308. The van der Waals surface area contributed by atoms with E-state index in [0.717, 1.165) is 21.6 Å². The van der Waals surface area contributed by atoms with E-state index in [1.807, 2.05) is 13.8 Å². The predicted octanol–water partition coefficient (Wildman–Crippen LogP) is 2.79. The van der Waals surface area contributed by atoms with E-state index < -0.39 is 17.7 Å². The van der Waals surface area contributed by atoms with Crippen LogP contribution in [0.15, 0.2) is 18.2 Å². The van der Waals surface area contributed by atoms with Crippen LogP contribution in [0.4, 0.5) is 8.78 Å². The van der Waals surface area contributed by atoms with Crippen molar-refractivity contribution in [1.82, 2.24) is 10.4 Å². The fourth-order valence-electron chi connectivity index (χ4n) is 1.85. The topological polar surface area (TPSA) is 50.9 Å². The van der Waals surface area contributed by atoms with Gasteiger partial charge in [-0.15, -0.1) is 11.3 Å². The molecule has 0 aliphatic heterocycles. The maximum atomic E-state index is 13.7. The van der Waals surface area contributed by atoms with Gasteiger partial charge in [0.25, 0.3) is 0 Å². The van der Waals surface area contributed by atoms with Crippen LogP contribution in [0, 0.1) is 25.5 Å². The molecule has 1 aromatic heterocycles. The Balaban J connectivity index is 2.27. The van der Waals surface area contributed by atoms with E-state index >= 15 is 0 Å². The van der Waals surface area contributed by atoms with Crippen LogP contribution >= 0.6 is 11.3 Å². The minimum atomic E-state index is -0.871. The molecule has 1 aromatic carbocycles. The minimum absolute atomic E-state index is 0.216. The fourth-order valence-corrected chi connectivity index (χ4v) is 2.83. The molecule has 0 radical (unpaired) electrons. The third-order valence-corrected chi connectivity index (χ3v) is 4.10. The van der Waals surface area contributed by atoms with E-state index in [2.05, 4.69) is 10.4 Å². The van der Waals surface area contributed by atoms with Gasteiger partial charge in [-0.05, 0) is 19.9 Å². The highest BCUT2D eigenvalue weighted by molar-refractivity contribution is 7.11. The standard InChI is InChI=1S/C13H15F2N3S/c1-7-8(2)19-12(17-7)6-11(18-16)9-4-3-5-10(14)13(9)15/h3-5,11,18H,6,16H2,1-2H3. The van der Waals surface area contributed by atoms with Gasteiger partial charge in [0.05, 0.1) is 16.7 Å². The minimum Gasteiger partial charge on any atom is -0.271 e. The summed E-state index contributed by atoms with van der Waals surface area (Å²) in [5.74, 6) is 3.72. The van der Waals surface area contributed by atoms with Crippen LogP contribution in [0.25, 0.3) is 0 Å². The molecule has 2 rings (SSSR count). The lowest BCUT2D eigenvalue weighted by atomic mass is 10.0. The van der Waals surface area contributed by atoms with E-state index in [1.54, 1.807) is 0 Å². The summed E-state index contributed by atoms with van der Waals surface area (Å²) >= 11 is 1.54. The average Bonchev–Trinajstić information content (AvgIpc) is 2.69. The average molecular weight is 283 g/mol. The highest BCUT2D eigenvalue weighted by Gasteiger charge is 2.19. The summed E-state index contributed by atoms with van der Waals surface area (Å²) in [6.45, 7) is 3.90. The molecular weight excluding hydrogens is 268 g/mol. The number of nitrogens with two attached hydrogens (primary N) is 1. The monoisotopic (exact) mass is 283 g/mol. The van der Waals surface area contributed by atoms with Crippen molar-refractivity contribution < 1.29 is 8.78 Å². The largest absolute Gasteiger partial charge is 0.271 e. The van der Waals surface area contributed by atoms with Crippen molar-refractivity contribution in [2.45, 2.75) is 26.3 Å². The summed E-state index contributed by atoms with van der Waals surface area (Å²) in [4.78, 5) is 5.50. The van der Waals surface area contributed by atoms with Crippen molar-refractivity contribution in [3.8, 4) is 0 Å². The number of aromatic nitrogens is 1. The number of thiazole rings is 1. The molecule has 0 bridgehead atoms. The molecule has 6 heteroatoms. The van der Waals surface area contributed by atoms with Gasteiger partial charge >= 0.3 is 0 Å². The van der Waals surface area contributed by atoms with E-state index in [1.165, 1.54) is 23.5 Å². The van der Waals surface area contributed by atoms with Crippen molar-refractivity contribution in [1.29, 1.82) is 0 Å². The van der Waals surface area contributed by atoms with Gasteiger partial charge in [-0.2, -0.15) is 0 Å². The van der Waals surface area contributed by atoms with Gasteiger partial charge in [-0.1, -0.05) is 12.1 Å². The van der Waals surface area contributed by atoms with Crippen LogP contribution in [0.2, 0.25) is 0 Å². The first-order valence-corrected chi connectivity index (χ1v) is 6.67. The zero-order valence-electron chi connectivity index (χ0n) is 10.7. The Morgan fingerprint density at radius 1 is 1.37 bits per heavy atom. The second-order valence-electron chi connectivity index (χ2n) is 4.32. The zero-order valence-corrected chi connectivity index (χ0v) is 11.5. The summed E-state index contributed by atoms with van der Waals surface area (Å²) in [5.41, 5.74) is 3.69. The molecule has 3 N–H and O–H groups in total. The first-order valence-electron chi connectivity index (χ1n) is 5.86. The Bertz CT molecular complexity index is 564. The predicted molar refractivity (Wildman–Crippen MR) is 71.7 cm³/mol. The molecule has 3 nitrogen and oxygen atoms in total. The van der Waals surface area contributed by atoms with Crippen LogP contribution in [-0.4, -0.2) is 4.98 Å². The van der Waals surface area contributed by atoms with Crippen LogP contribution in [0.1, 0.15) is 27.2 Å². The van der Waals surface area contributed by atoms with Gasteiger partial charge in [0, 0.05) is 16.9 Å². The molecule has 0 saturated heterocycles. The van der Waals surface area contributed by atoms with E-state index in [9.17, 15) is 8.78 Å². The number of hydrazine groups is 1. The lowest BCUT2D eigenvalue weighted by molar-refractivity contribution is 0.464. The molecular formula is C13H15F2N3S. The number of hydrogen-bond acceptors (Lipinski definition) is 4. The summed E-state index contributed by atoms with van der Waals surface area (Å²) in [5, 5.41) is 0.849. The van der Waals surface area contributed by atoms with Crippen molar-refractivity contribution in [2.75, 3.05) is 0 Å². The maximum absolute atomic E-state index is 13.7. The summed E-state index contributed by atoms with van der Waals surface area (Å²) < 4.78 is 27.0. The Morgan fingerprint density at radius 3 is 2.68 bits per heavy atom. The van der Waals surface area contributed by atoms with Crippen molar-refractivity contribution in [2.24, 2.45) is 5.84 Å². The molecule has 102 valence electrons. The molecule has 0 saturated carbocycles. The number of nitrogens with one attached hydrogen (secondary N) is 1. The molecule has 0 amide bonds. The Kier molecular flexibility index (Phi) is 4.24. The molecule has 1 atom stereocenters. The van der Waals surface area contributed by atoms with Crippen molar-refractivity contribution >= 4 is 11.3 Å². The molecule has 0 spiro atoms. The lowest BCUT2D eigenvalue weighted by Crippen LogP contribution is -2.30. The number of nitrogens with zero attached hydrogens (tertiary/aromatic N) is 1. The van der Waals surface area contributed by atoms with Crippen molar-refractivity contribution in [3.63, 3.8) is 0 Å². The Labute approximate surface area is 114 Å². The van der Waals surface area contributed by atoms with Crippen LogP contribution in [0.5, 0.6) is 0 Å². The smallest absolute Gasteiger partial charge is 0.163 e. The highest BCUT2D eigenvalue weighted by Crippen LogP contribution is 2.25. The molecule has 0 aliphatic rings. The first kappa shape index (κ1) is 14.0. The van der Waals surface area contributed by atoms with Gasteiger partial charge < -0.3 is 0 Å².